The topological polar surface area (TPSA) is 92.4 Å². The van der Waals surface area contributed by atoms with Gasteiger partial charge in [-0.2, -0.15) is 0 Å². The van der Waals surface area contributed by atoms with Gasteiger partial charge in [0.1, 0.15) is 6.04 Å². The van der Waals surface area contributed by atoms with Crippen molar-refractivity contribution >= 4 is 29.2 Å². The zero-order valence-electron chi connectivity index (χ0n) is 9.52. The molecule has 4 N–H and O–H groups in total. The van der Waals surface area contributed by atoms with Gasteiger partial charge < -0.3 is 16.2 Å². The molecule has 0 spiro atoms. The fourth-order valence-electron chi connectivity index (χ4n) is 1.47. The second-order valence-corrected chi connectivity index (χ2v) is 3.99. The molecule has 1 amide bonds. The minimum Gasteiger partial charge on any atom is -0.480 e. The van der Waals surface area contributed by atoms with E-state index in [1.165, 1.54) is 12.1 Å². The van der Waals surface area contributed by atoms with Gasteiger partial charge in [-0.25, -0.2) is 4.79 Å². The Hall–Kier alpha value is -2.01. The molecule has 1 aromatic rings. The number of hydrogen-bond donors (Lipinski definition) is 3. The maximum absolute atomic E-state index is 11.3. The predicted molar refractivity (Wildman–Crippen MR) is 69.8 cm³/mol. The van der Waals surface area contributed by atoms with Crippen LogP contribution in [-0.4, -0.2) is 23.0 Å². The quantitative estimate of drug-likeness (QED) is 0.687. The number of amides is 1. The summed E-state index contributed by atoms with van der Waals surface area (Å²) in [4.78, 5) is 22.3. The number of nitrogens with two attached hydrogens (primary N) is 1. The highest BCUT2D eigenvalue weighted by Crippen LogP contribution is 2.24. The van der Waals surface area contributed by atoms with Crippen molar-refractivity contribution in [1.29, 1.82) is 0 Å². The van der Waals surface area contributed by atoms with E-state index < -0.39 is 17.9 Å². The Morgan fingerprint density at radius 3 is 2.72 bits per heavy atom. The standard InChI is InChI=1S/C12H13ClN2O3/c1-2-4-9(12(17)18)15-8-6-3-5-7(13)10(8)11(14)16/h2-3,5-6,9,15H,1,4H2,(H2,14,16)(H,17,18). The van der Waals surface area contributed by atoms with Crippen LogP contribution in [0.25, 0.3) is 0 Å². The number of anilines is 1. The smallest absolute Gasteiger partial charge is 0.326 e. The van der Waals surface area contributed by atoms with Gasteiger partial charge in [0.05, 0.1) is 10.6 Å². The summed E-state index contributed by atoms with van der Waals surface area (Å²) in [5, 5.41) is 11.9. The van der Waals surface area contributed by atoms with Crippen LogP contribution in [-0.2, 0) is 4.79 Å². The number of carboxylic acid groups (broad SMARTS) is 1. The minimum absolute atomic E-state index is 0.0782. The van der Waals surface area contributed by atoms with E-state index in [-0.39, 0.29) is 17.0 Å². The van der Waals surface area contributed by atoms with E-state index >= 15 is 0 Å². The molecule has 96 valence electrons. The van der Waals surface area contributed by atoms with Gasteiger partial charge in [-0.15, -0.1) is 6.58 Å². The third kappa shape index (κ3) is 3.24. The zero-order chi connectivity index (χ0) is 13.7. The molecule has 6 heteroatoms. The summed E-state index contributed by atoms with van der Waals surface area (Å²) in [6.07, 6.45) is 1.68. The van der Waals surface area contributed by atoms with Gasteiger partial charge in [-0.05, 0) is 18.6 Å². The molecule has 0 saturated carbocycles. The van der Waals surface area contributed by atoms with Gasteiger partial charge in [0.2, 0.25) is 0 Å². The summed E-state index contributed by atoms with van der Waals surface area (Å²) in [5.41, 5.74) is 5.58. The zero-order valence-corrected chi connectivity index (χ0v) is 10.3. The number of carboxylic acids is 1. The van der Waals surface area contributed by atoms with Crippen molar-refractivity contribution in [2.24, 2.45) is 5.73 Å². The largest absolute Gasteiger partial charge is 0.480 e. The number of aliphatic carboxylic acids is 1. The average molecular weight is 269 g/mol. The van der Waals surface area contributed by atoms with E-state index in [1.54, 1.807) is 12.1 Å². The summed E-state index contributed by atoms with van der Waals surface area (Å²) in [5.74, 6) is -1.77. The van der Waals surface area contributed by atoms with Gasteiger partial charge in [0, 0.05) is 5.69 Å². The number of carbonyl (C=O) groups excluding carboxylic acids is 1. The van der Waals surface area contributed by atoms with E-state index in [1.807, 2.05) is 0 Å². The molecule has 0 bridgehead atoms. The molecule has 0 aromatic heterocycles. The van der Waals surface area contributed by atoms with E-state index in [9.17, 15) is 9.59 Å². The first-order chi connectivity index (χ1) is 8.47. The van der Waals surface area contributed by atoms with Crippen molar-refractivity contribution in [3.05, 3.63) is 41.4 Å². The fraction of sp³-hybridized carbons (Fsp3) is 0.167. The lowest BCUT2D eigenvalue weighted by Gasteiger charge is -2.16. The first-order valence-electron chi connectivity index (χ1n) is 5.16. The Morgan fingerprint density at radius 2 is 2.22 bits per heavy atom. The molecule has 0 fully saturated rings. The molecule has 0 saturated heterocycles. The highest BCUT2D eigenvalue weighted by atomic mass is 35.5. The molecule has 0 aliphatic rings. The van der Waals surface area contributed by atoms with Crippen LogP contribution in [0.15, 0.2) is 30.9 Å². The van der Waals surface area contributed by atoms with E-state index in [0.29, 0.717) is 5.69 Å². The summed E-state index contributed by atoms with van der Waals surface area (Å²) in [6, 6.07) is 3.77. The van der Waals surface area contributed by atoms with Crippen LogP contribution in [0.1, 0.15) is 16.8 Å². The Morgan fingerprint density at radius 1 is 1.56 bits per heavy atom. The third-order valence-corrected chi connectivity index (χ3v) is 2.61. The molecule has 1 rings (SSSR count). The van der Waals surface area contributed by atoms with Crippen LogP contribution >= 0.6 is 11.6 Å². The summed E-state index contributed by atoms with van der Waals surface area (Å²) in [7, 11) is 0. The van der Waals surface area contributed by atoms with Crippen LogP contribution < -0.4 is 11.1 Å². The summed E-state index contributed by atoms with van der Waals surface area (Å²) < 4.78 is 0. The molecular formula is C12H13ClN2O3. The Bertz CT molecular complexity index is 488. The molecule has 1 unspecified atom stereocenters. The van der Waals surface area contributed by atoms with Gasteiger partial charge in [0.15, 0.2) is 0 Å². The number of carbonyl (C=O) groups is 2. The fourth-order valence-corrected chi connectivity index (χ4v) is 1.74. The SMILES string of the molecule is C=CCC(Nc1cccc(Cl)c1C(N)=O)C(=O)O. The highest BCUT2D eigenvalue weighted by Gasteiger charge is 2.19. The van der Waals surface area contributed by atoms with Crippen LogP contribution in [0.2, 0.25) is 5.02 Å². The van der Waals surface area contributed by atoms with Crippen molar-refractivity contribution in [3.8, 4) is 0 Å². The van der Waals surface area contributed by atoms with Crippen molar-refractivity contribution in [3.63, 3.8) is 0 Å². The van der Waals surface area contributed by atoms with Gasteiger partial charge in [-0.3, -0.25) is 4.79 Å². The average Bonchev–Trinajstić information content (AvgIpc) is 2.27. The van der Waals surface area contributed by atoms with E-state index in [0.717, 1.165) is 0 Å². The molecule has 0 aliphatic carbocycles. The molecule has 0 aliphatic heterocycles. The van der Waals surface area contributed by atoms with Crippen LogP contribution in [0.5, 0.6) is 0 Å². The molecule has 0 radical (unpaired) electrons. The highest BCUT2D eigenvalue weighted by molar-refractivity contribution is 6.34. The lowest BCUT2D eigenvalue weighted by Crippen LogP contribution is -2.30. The number of nitrogens with one attached hydrogen (secondary N) is 1. The van der Waals surface area contributed by atoms with Crippen molar-refractivity contribution < 1.29 is 14.7 Å². The van der Waals surface area contributed by atoms with E-state index in [2.05, 4.69) is 11.9 Å². The Balaban J connectivity index is 3.09. The molecular weight excluding hydrogens is 256 g/mol. The van der Waals surface area contributed by atoms with Gasteiger partial charge >= 0.3 is 5.97 Å². The van der Waals surface area contributed by atoms with Crippen LogP contribution in [0.4, 0.5) is 5.69 Å². The van der Waals surface area contributed by atoms with Crippen molar-refractivity contribution in [2.45, 2.75) is 12.5 Å². The second kappa shape index (κ2) is 6.07. The van der Waals surface area contributed by atoms with E-state index in [4.69, 9.17) is 22.4 Å². The number of benzene rings is 1. The second-order valence-electron chi connectivity index (χ2n) is 3.59. The summed E-state index contributed by atoms with van der Waals surface area (Å²) >= 11 is 5.86. The van der Waals surface area contributed by atoms with Crippen LogP contribution in [0, 0.1) is 0 Å². The first-order valence-corrected chi connectivity index (χ1v) is 5.53. The van der Waals surface area contributed by atoms with Crippen molar-refractivity contribution in [1.82, 2.24) is 0 Å². The molecule has 18 heavy (non-hydrogen) atoms. The summed E-state index contributed by atoms with van der Waals surface area (Å²) in [6.45, 7) is 3.48. The predicted octanol–water partition coefficient (Wildman–Crippen LogP) is 1.88. The first kappa shape index (κ1) is 14.1. The minimum atomic E-state index is -1.05. The van der Waals surface area contributed by atoms with Crippen molar-refractivity contribution in [2.75, 3.05) is 5.32 Å². The van der Waals surface area contributed by atoms with Gasteiger partial charge in [0.25, 0.3) is 5.91 Å². The van der Waals surface area contributed by atoms with Crippen LogP contribution in [0.3, 0.4) is 0 Å². The molecule has 1 atom stereocenters. The maximum Gasteiger partial charge on any atom is 0.326 e. The molecule has 0 heterocycles. The lowest BCUT2D eigenvalue weighted by atomic mass is 10.1. The third-order valence-electron chi connectivity index (χ3n) is 2.29. The van der Waals surface area contributed by atoms with Gasteiger partial charge in [-0.1, -0.05) is 23.7 Å². The number of hydrogen-bond acceptors (Lipinski definition) is 3. The molecule has 1 aromatic carbocycles. The number of rotatable bonds is 6. The normalized spacial score (nSPS) is 11.6. The number of primary amides is 1. The number of halogens is 1. The lowest BCUT2D eigenvalue weighted by molar-refractivity contribution is -0.137. The monoisotopic (exact) mass is 268 g/mol. The maximum atomic E-state index is 11.3. The molecule has 5 nitrogen and oxygen atoms in total. The Kier molecular flexibility index (Phi) is 4.74. The Labute approximate surface area is 109 Å².